The van der Waals surface area contributed by atoms with Crippen LogP contribution in [0.25, 0.3) is 0 Å². The molecule has 0 aliphatic carbocycles. The molecule has 3 atom stereocenters. The molecule has 0 aliphatic heterocycles. The van der Waals surface area contributed by atoms with Gasteiger partial charge in [0, 0.05) is 13.5 Å². The number of benzene rings is 1. The minimum absolute atomic E-state index is 0.0196. The Morgan fingerprint density at radius 3 is 2.44 bits per heavy atom. The molecule has 1 rings (SSSR count). The van der Waals surface area contributed by atoms with Gasteiger partial charge in [0.15, 0.2) is 0 Å². The maximum atomic E-state index is 13.2. The Kier molecular flexibility index (Phi) is 10.1. The third kappa shape index (κ3) is 9.07. The van der Waals surface area contributed by atoms with E-state index in [1.54, 1.807) is 51.1 Å². The number of hydrogen-bond acceptors (Lipinski definition) is 6. The largest absolute Gasteiger partial charge is 0.462 e. The maximum Gasteiger partial charge on any atom is 0.459 e. The van der Waals surface area contributed by atoms with Crippen molar-refractivity contribution in [2.24, 2.45) is 0 Å². The topological polar surface area (TPSA) is 83.1 Å². The number of esters is 1. The molecule has 0 aromatic heterocycles. The summed E-state index contributed by atoms with van der Waals surface area (Å²) in [4.78, 5) is 12.1. The van der Waals surface area contributed by atoms with Gasteiger partial charge in [-0.25, -0.2) is 4.57 Å². The van der Waals surface area contributed by atoms with Crippen LogP contribution in [0.15, 0.2) is 30.3 Å². The molecule has 8 heteroatoms. The SMILES string of the molecule is CC#CC[C@@H](COP(=O)(N[C@@H](C)C(=O)OC(C)C)Oc1ccccc1)OC. The molecule has 0 heterocycles. The Labute approximate surface area is 161 Å². The minimum atomic E-state index is -3.87. The summed E-state index contributed by atoms with van der Waals surface area (Å²) >= 11 is 0. The van der Waals surface area contributed by atoms with Crippen molar-refractivity contribution in [1.29, 1.82) is 0 Å². The highest BCUT2D eigenvalue weighted by molar-refractivity contribution is 7.52. The van der Waals surface area contributed by atoms with Crippen molar-refractivity contribution < 1.29 is 27.9 Å². The van der Waals surface area contributed by atoms with Crippen LogP contribution in [0.1, 0.15) is 34.1 Å². The first-order valence-electron chi connectivity index (χ1n) is 8.69. The zero-order valence-electron chi connectivity index (χ0n) is 16.4. The summed E-state index contributed by atoms with van der Waals surface area (Å²) < 4.78 is 34.7. The van der Waals surface area contributed by atoms with E-state index in [-0.39, 0.29) is 18.8 Å². The van der Waals surface area contributed by atoms with E-state index < -0.39 is 19.8 Å². The molecule has 150 valence electrons. The number of rotatable bonds is 11. The van der Waals surface area contributed by atoms with E-state index in [0.717, 1.165) is 0 Å². The van der Waals surface area contributed by atoms with Gasteiger partial charge >= 0.3 is 13.7 Å². The van der Waals surface area contributed by atoms with Crippen LogP contribution in [0.5, 0.6) is 5.75 Å². The molecule has 0 aliphatic rings. The van der Waals surface area contributed by atoms with Gasteiger partial charge in [-0.3, -0.25) is 9.32 Å². The monoisotopic (exact) mass is 397 g/mol. The fourth-order valence-electron chi connectivity index (χ4n) is 1.94. The molecule has 0 spiro atoms. The predicted octanol–water partition coefficient (Wildman–Crippen LogP) is 3.55. The molecule has 0 saturated carbocycles. The Morgan fingerprint density at radius 2 is 1.89 bits per heavy atom. The molecule has 0 saturated heterocycles. The molecule has 7 nitrogen and oxygen atoms in total. The highest BCUT2D eigenvalue weighted by atomic mass is 31.2. The van der Waals surface area contributed by atoms with Crippen molar-refractivity contribution in [3.05, 3.63) is 30.3 Å². The van der Waals surface area contributed by atoms with Gasteiger partial charge in [0.05, 0.1) is 18.8 Å². The van der Waals surface area contributed by atoms with E-state index in [0.29, 0.717) is 12.2 Å². The summed E-state index contributed by atoms with van der Waals surface area (Å²) in [6.45, 7) is 6.71. The standard InChI is InChI=1S/C19H28NO6P/c1-6-7-11-18(23-5)14-24-27(22,26-17-12-9-8-10-13-17)20-16(4)19(21)25-15(2)3/h8-10,12-13,15-16,18H,11,14H2,1-5H3,(H,20,22)/t16-,18-,27?/m0/s1. The Balaban J connectivity index is 2.88. The Hall–Kier alpha value is -1.84. The first-order valence-corrected chi connectivity index (χ1v) is 10.2. The van der Waals surface area contributed by atoms with Crippen LogP contribution in [-0.4, -0.2) is 37.9 Å². The van der Waals surface area contributed by atoms with Crippen LogP contribution in [0.2, 0.25) is 0 Å². The minimum Gasteiger partial charge on any atom is -0.462 e. The van der Waals surface area contributed by atoms with E-state index in [1.165, 1.54) is 14.0 Å². The summed E-state index contributed by atoms with van der Waals surface area (Å²) in [5, 5.41) is 2.63. The van der Waals surface area contributed by atoms with Crippen molar-refractivity contribution in [2.45, 2.75) is 52.4 Å². The molecule has 1 N–H and O–H groups in total. The molecule has 0 radical (unpaired) electrons. The second-order valence-electron chi connectivity index (χ2n) is 6.02. The van der Waals surface area contributed by atoms with Crippen molar-refractivity contribution in [2.75, 3.05) is 13.7 Å². The van der Waals surface area contributed by atoms with Gasteiger partial charge in [0.25, 0.3) is 0 Å². The number of hydrogen-bond donors (Lipinski definition) is 1. The number of para-hydroxylation sites is 1. The summed E-state index contributed by atoms with van der Waals surface area (Å²) in [7, 11) is -2.35. The van der Waals surface area contributed by atoms with Crippen molar-refractivity contribution >= 4 is 13.7 Å². The molecule has 27 heavy (non-hydrogen) atoms. The lowest BCUT2D eigenvalue weighted by molar-refractivity contribution is -0.149. The van der Waals surface area contributed by atoms with Gasteiger partial charge in [-0.05, 0) is 39.8 Å². The van der Waals surface area contributed by atoms with E-state index in [2.05, 4.69) is 16.9 Å². The highest BCUT2D eigenvalue weighted by Gasteiger charge is 2.33. The van der Waals surface area contributed by atoms with Crippen LogP contribution in [0, 0.1) is 11.8 Å². The quantitative estimate of drug-likeness (QED) is 0.347. The first-order chi connectivity index (χ1) is 12.8. The second-order valence-corrected chi connectivity index (χ2v) is 7.72. The molecule has 1 aromatic carbocycles. The predicted molar refractivity (Wildman–Crippen MR) is 103 cm³/mol. The van der Waals surface area contributed by atoms with Crippen molar-refractivity contribution in [3.8, 4) is 17.6 Å². The summed E-state index contributed by atoms with van der Waals surface area (Å²) in [5.41, 5.74) is 0. The van der Waals surface area contributed by atoms with E-state index >= 15 is 0 Å². The number of nitrogens with one attached hydrogen (secondary N) is 1. The zero-order valence-corrected chi connectivity index (χ0v) is 17.3. The van der Waals surface area contributed by atoms with Gasteiger partial charge in [-0.15, -0.1) is 11.8 Å². The summed E-state index contributed by atoms with van der Waals surface area (Å²) in [6.07, 6.45) is -0.254. The second kappa shape index (κ2) is 11.8. The fourth-order valence-corrected chi connectivity index (χ4v) is 3.46. The van der Waals surface area contributed by atoms with Crippen molar-refractivity contribution in [3.63, 3.8) is 0 Å². The Morgan fingerprint density at radius 1 is 1.22 bits per heavy atom. The highest BCUT2D eigenvalue weighted by Crippen LogP contribution is 2.45. The van der Waals surface area contributed by atoms with Crippen LogP contribution < -0.4 is 9.61 Å². The number of ether oxygens (including phenoxy) is 2. The molecule has 0 bridgehead atoms. The lowest BCUT2D eigenvalue weighted by Gasteiger charge is -2.24. The first kappa shape index (κ1) is 23.2. The average Bonchev–Trinajstić information content (AvgIpc) is 2.62. The summed E-state index contributed by atoms with van der Waals surface area (Å²) in [5.74, 6) is 5.45. The molecule has 1 aromatic rings. The fraction of sp³-hybridized carbons (Fsp3) is 0.526. The van der Waals surface area contributed by atoms with Gasteiger partial charge in [0.2, 0.25) is 0 Å². The number of methoxy groups -OCH3 is 1. The number of carbonyl (C=O) groups excluding carboxylic acids is 1. The van der Waals surface area contributed by atoms with Crippen LogP contribution in [0.3, 0.4) is 0 Å². The lowest BCUT2D eigenvalue weighted by Crippen LogP contribution is -2.36. The molecular weight excluding hydrogens is 369 g/mol. The van der Waals surface area contributed by atoms with Gasteiger partial charge < -0.3 is 14.0 Å². The summed E-state index contributed by atoms with van der Waals surface area (Å²) in [6, 6.07) is 7.68. The van der Waals surface area contributed by atoms with E-state index in [9.17, 15) is 9.36 Å². The van der Waals surface area contributed by atoms with Crippen LogP contribution in [-0.2, 0) is 23.4 Å². The smallest absolute Gasteiger partial charge is 0.459 e. The lowest BCUT2D eigenvalue weighted by atomic mass is 10.3. The molecule has 0 fully saturated rings. The zero-order chi connectivity index (χ0) is 20.3. The van der Waals surface area contributed by atoms with Gasteiger partial charge in [-0.1, -0.05) is 18.2 Å². The third-order valence-corrected chi connectivity index (χ3v) is 4.94. The van der Waals surface area contributed by atoms with Gasteiger partial charge in [0.1, 0.15) is 11.8 Å². The number of carbonyl (C=O) groups is 1. The third-order valence-electron chi connectivity index (χ3n) is 3.30. The maximum absolute atomic E-state index is 13.2. The van der Waals surface area contributed by atoms with Crippen LogP contribution in [0.4, 0.5) is 0 Å². The average molecular weight is 397 g/mol. The molecule has 1 unspecified atom stereocenters. The molecule has 0 amide bonds. The van der Waals surface area contributed by atoms with Gasteiger partial charge in [-0.2, -0.15) is 5.09 Å². The van der Waals surface area contributed by atoms with Crippen molar-refractivity contribution in [1.82, 2.24) is 5.09 Å². The van der Waals surface area contributed by atoms with E-state index in [1.807, 2.05) is 0 Å². The molecular formula is C19H28NO6P. The normalized spacial score (nSPS) is 15.2. The van der Waals surface area contributed by atoms with E-state index in [4.69, 9.17) is 18.5 Å². The van der Waals surface area contributed by atoms with Crippen LogP contribution >= 0.6 is 7.75 Å². The Bertz CT molecular complexity index is 682.